The number of nitrogens with one attached hydrogen (secondary N) is 1. The average Bonchev–Trinajstić information content (AvgIpc) is 2.57. The Labute approximate surface area is 88.5 Å². The lowest BCUT2D eigenvalue weighted by molar-refractivity contribution is 0.560. The number of hydrogen-bond donors (Lipinski definition) is 2. The van der Waals surface area contributed by atoms with Gasteiger partial charge in [-0.2, -0.15) is 0 Å². The van der Waals surface area contributed by atoms with E-state index in [9.17, 15) is 0 Å². The van der Waals surface area contributed by atoms with Crippen LogP contribution < -0.4 is 11.1 Å². The van der Waals surface area contributed by atoms with E-state index in [2.05, 4.69) is 10.3 Å². The largest absolute Gasteiger partial charge is 0.441 e. The second-order valence-corrected chi connectivity index (χ2v) is 3.50. The minimum atomic E-state index is 0.656. The molecule has 0 unspecified atom stereocenters. The van der Waals surface area contributed by atoms with Crippen molar-refractivity contribution >= 4 is 11.1 Å². The molecule has 4 heteroatoms. The average molecular weight is 205 g/mol. The Morgan fingerprint density at radius 1 is 1.47 bits per heavy atom. The summed E-state index contributed by atoms with van der Waals surface area (Å²) in [5, 5.41) is 3.24. The highest BCUT2D eigenvalue weighted by Crippen LogP contribution is 2.16. The van der Waals surface area contributed by atoms with Crippen LogP contribution in [0.4, 0.5) is 0 Å². The highest BCUT2D eigenvalue weighted by atomic mass is 16.3. The van der Waals surface area contributed by atoms with Crippen molar-refractivity contribution in [2.45, 2.75) is 13.5 Å². The summed E-state index contributed by atoms with van der Waals surface area (Å²) in [6.07, 6.45) is 0. The fourth-order valence-corrected chi connectivity index (χ4v) is 1.53. The van der Waals surface area contributed by atoms with E-state index in [1.807, 2.05) is 25.1 Å². The molecule has 0 atom stereocenters. The van der Waals surface area contributed by atoms with Gasteiger partial charge in [0.1, 0.15) is 5.52 Å². The predicted molar refractivity (Wildman–Crippen MR) is 59.5 cm³/mol. The van der Waals surface area contributed by atoms with Gasteiger partial charge in [0.25, 0.3) is 0 Å². The minimum absolute atomic E-state index is 0.656. The Morgan fingerprint density at radius 3 is 3.13 bits per heavy atom. The molecule has 3 N–H and O–H groups in total. The van der Waals surface area contributed by atoms with Gasteiger partial charge in [0.2, 0.25) is 0 Å². The van der Waals surface area contributed by atoms with Crippen molar-refractivity contribution < 1.29 is 4.42 Å². The Hall–Kier alpha value is -1.39. The Balaban J connectivity index is 2.15. The molecule has 0 radical (unpaired) electrons. The van der Waals surface area contributed by atoms with Gasteiger partial charge in [0, 0.05) is 26.6 Å². The lowest BCUT2D eigenvalue weighted by Gasteiger charge is -2.02. The molecule has 80 valence electrons. The van der Waals surface area contributed by atoms with Crippen LogP contribution in [0.1, 0.15) is 11.5 Å². The van der Waals surface area contributed by atoms with Gasteiger partial charge >= 0.3 is 0 Å². The second-order valence-electron chi connectivity index (χ2n) is 3.50. The van der Waals surface area contributed by atoms with Crippen LogP contribution in [0.25, 0.3) is 11.1 Å². The van der Waals surface area contributed by atoms with Crippen LogP contribution in [-0.2, 0) is 6.54 Å². The van der Waals surface area contributed by atoms with Gasteiger partial charge in [-0.25, -0.2) is 4.98 Å². The molecular weight excluding hydrogens is 190 g/mol. The SMILES string of the molecule is Cc1nc2ccc(CNCCN)cc2o1. The quantitative estimate of drug-likeness (QED) is 0.736. The first-order valence-electron chi connectivity index (χ1n) is 5.06. The molecule has 15 heavy (non-hydrogen) atoms. The fraction of sp³-hybridized carbons (Fsp3) is 0.364. The number of nitrogens with two attached hydrogens (primary N) is 1. The zero-order valence-electron chi connectivity index (χ0n) is 8.79. The van der Waals surface area contributed by atoms with Crippen molar-refractivity contribution in [2.75, 3.05) is 13.1 Å². The number of benzene rings is 1. The third kappa shape index (κ3) is 2.34. The van der Waals surface area contributed by atoms with Gasteiger partial charge in [0.05, 0.1) is 0 Å². The number of fused-ring (bicyclic) bond motifs is 1. The van der Waals surface area contributed by atoms with Crippen LogP contribution in [0.3, 0.4) is 0 Å². The van der Waals surface area contributed by atoms with Crippen molar-refractivity contribution in [3.8, 4) is 0 Å². The molecule has 0 fully saturated rings. The van der Waals surface area contributed by atoms with Gasteiger partial charge in [-0.1, -0.05) is 6.07 Å². The van der Waals surface area contributed by atoms with Crippen molar-refractivity contribution in [1.82, 2.24) is 10.3 Å². The summed E-state index contributed by atoms with van der Waals surface area (Å²) in [6.45, 7) is 4.15. The van der Waals surface area contributed by atoms with Crippen LogP contribution in [0, 0.1) is 6.92 Å². The normalized spacial score (nSPS) is 11.1. The number of aryl methyl sites for hydroxylation is 1. The highest BCUT2D eigenvalue weighted by molar-refractivity contribution is 5.73. The van der Waals surface area contributed by atoms with Crippen LogP contribution in [-0.4, -0.2) is 18.1 Å². The monoisotopic (exact) mass is 205 g/mol. The predicted octanol–water partition coefficient (Wildman–Crippen LogP) is 1.18. The smallest absolute Gasteiger partial charge is 0.192 e. The number of aromatic nitrogens is 1. The zero-order chi connectivity index (χ0) is 10.7. The first-order valence-corrected chi connectivity index (χ1v) is 5.06. The molecule has 4 nitrogen and oxygen atoms in total. The van der Waals surface area contributed by atoms with E-state index >= 15 is 0 Å². The number of rotatable bonds is 4. The third-order valence-electron chi connectivity index (χ3n) is 2.21. The van der Waals surface area contributed by atoms with Crippen LogP contribution in [0.15, 0.2) is 22.6 Å². The van der Waals surface area contributed by atoms with Gasteiger partial charge < -0.3 is 15.5 Å². The molecule has 0 aliphatic rings. The van der Waals surface area contributed by atoms with E-state index in [1.54, 1.807) is 0 Å². The summed E-state index contributed by atoms with van der Waals surface area (Å²) >= 11 is 0. The number of hydrogen-bond acceptors (Lipinski definition) is 4. The molecule has 1 aromatic heterocycles. The first-order chi connectivity index (χ1) is 7.29. The number of oxazole rings is 1. The molecule has 0 aliphatic heterocycles. The fourth-order valence-electron chi connectivity index (χ4n) is 1.53. The summed E-state index contributed by atoms with van der Waals surface area (Å²) in [7, 11) is 0. The molecule has 0 amide bonds. The standard InChI is InChI=1S/C11H15N3O/c1-8-14-10-3-2-9(6-11(10)15-8)7-13-5-4-12/h2-3,6,13H,4-5,7,12H2,1H3. The van der Waals surface area contributed by atoms with Crippen LogP contribution >= 0.6 is 0 Å². The minimum Gasteiger partial charge on any atom is -0.441 e. The molecule has 0 aliphatic carbocycles. The molecule has 0 bridgehead atoms. The molecule has 1 heterocycles. The van der Waals surface area contributed by atoms with Crippen molar-refractivity contribution in [2.24, 2.45) is 5.73 Å². The summed E-state index contributed by atoms with van der Waals surface area (Å²) < 4.78 is 5.45. The van der Waals surface area contributed by atoms with E-state index in [0.29, 0.717) is 12.4 Å². The van der Waals surface area contributed by atoms with Crippen LogP contribution in [0.5, 0.6) is 0 Å². The van der Waals surface area contributed by atoms with Gasteiger partial charge in [-0.15, -0.1) is 0 Å². The van der Waals surface area contributed by atoms with Crippen molar-refractivity contribution in [1.29, 1.82) is 0 Å². The Bertz CT molecular complexity index is 450. The lowest BCUT2D eigenvalue weighted by atomic mass is 10.2. The van der Waals surface area contributed by atoms with Gasteiger partial charge in [-0.05, 0) is 17.7 Å². The van der Waals surface area contributed by atoms with Gasteiger partial charge in [-0.3, -0.25) is 0 Å². The van der Waals surface area contributed by atoms with E-state index in [0.717, 1.165) is 24.2 Å². The topological polar surface area (TPSA) is 64.1 Å². The molecule has 0 spiro atoms. The third-order valence-corrected chi connectivity index (χ3v) is 2.21. The molecule has 0 saturated heterocycles. The Kier molecular flexibility index (Phi) is 2.99. The second kappa shape index (κ2) is 4.42. The highest BCUT2D eigenvalue weighted by Gasteiger charge is 2.02. The summed E-state index contributed by atoms with van der Waals surface area (Å²) in [4.78, 5) is 4.24. The summed E-state index contributed by atoms with van der Waals surface area (Å²) in [6, 6.07) is 6.04. The van der Waals surface area contributed by atoms with E-state index in [-0.39, 0.29) is 0 Å². The van der Waals surface area contributed by atoms with Crippen LogP contribution in [0.2, 0.25) is 0 Å². The maximum atomic E-state index is 5.45. The number of nitrogens with zero attached hydrogens (tertiary/aromatic N) is 1. The van der Waals surface area contributed by atoms with Crippen molar-refractivity contribution in [3.05, 3.63) is 29.7 Å². The maximum Gasteiger partial charge on any atom is 0.192 e. The summed E-state index contributed by atoms with van der Waals surface area (Å²) in [5.41, 5.74) is 8.34. The van der Waals surface area contributed by atoms with Crippen molar-refractivity contribution in [3.63, 3.8) is 0 Å². The summed E-state index contributed by atoms with van der Waals surface area (Å²) in [5.74, 6) is 0.706. The molecule has 2 rings (SSSR count). The lowest BCUT2D eigenvalue weighted by Crippen LogP contribution is -2.21. The van der Waals surface area contributed by atoms with E-state index < -0.39 is 0 Å². The van der Waals surface area contributed by atoms with E-state index in [1.165, 1.54) is 5.56 Å². The maximum absolute atomic E-state index is 5.45. The first kappa shape index (κ1) is 10.1. The van der Waals surface area contributed by atoms with Gasteiger partial charge in [0.15, 0.2) is 11.5 Å². The molecule has 0 saturated carbocycles. The zero-order valence-corrected chi connectivity index (χ0v) is 8.79. The van der Waals surface area contributed by atoms with E-state index in [4.69, 9.17) is 10.2 Å². The molecule has 2 aromatic rings. The molecule has 1 aromatic carbocycles. The molecular formula is C11H15N3O. The Morgan fingerprint density at radius 2 is 2.33 bits per heavy atom.